The van der Waals surface area contributed by atoms with Crippen LogP contribution in [0, 0.1) is 5.92 Å². The van der Waals surface area contributed by atoms with E-state index < -0.39 is 0 Å². The number of likely N-dealkylation sites (tertiary alicyclic amines) is 1. The minimum Gasteiger partial charge on any atom is -0.338 e. The first-order chi connectivity index (χ1) is 9.15. The van der Waals surface area contributed by atoms with Crippen LogP contribution in [0.1, 0.15) is 38.2 Å². The highest BCUT2D eigenvalue weighted by atomic mass is 16.2. The summed E-state index contributed by atoms with van der Waals surface area (Å²) < 4.78 is 0. The quantitative estimate of drug-likeness (QED) is 0.907. The van der Waals surface area contributed by atoms with Crippen molar-refractivity contribution in [3.05, 3.63) is 35.9 Å². The third-order valence-corrected chi connectivity index (χ3v) is 4.31. The molecule has 0 bridgehead atoms. The van der Waals surface area contributed by atoms with Gasteiger partial charge in [-0.2, -0.15) is 0 Å². The maximum Gasteiger partial charge on any atom is 0.230 e. The first-order valence-electron chi connectivity index (χ1n) is 7.20. The van der Waals surface area contributed by atoms with Crippen LogP contribution < -0.4 is 5.73 Å². The zero-order valence-electron chi connectivity index (χ0n) is 11.9. The SMILES string of the molecule is CC(C(=O)N1CCCC(C)C1CN)c1ccccc1. The van der Waals surface area contributed by atoms with Gasteiger partial charge in [0.1, 0.15) is 0 Å². The van der Waals surface area contributed by atoms with Crippen molar-refractivity contribution < 1.29 is 4.79 Å². The number of carbonyl (C=O) groups is 1. The molecule has 1 heterocycles. The monoisotopic (exact) mass is 260 g/mol. The molecule has 1 amide bonds. The van der Waals surface area contributed by atoms with Crippen LogP contribution in [0.5, 0.6) is 0 Å². The van der Waals surface area contributed by atoms with Gasteiger partial charge in [0.25, 0.3) is 0 Å². The lowest BCUT2D eigenvalue weighted by Crippen LogP contribution is -2.52. The summed E-state index contributed by atoms with van der Waals surface area (Å²) in [6.45, 7) is 5.60. The summed E-state index contributed by atoms with van der Waals surface area (Å²) in [5.41, 5.74) is 6.95. The van der Waals surface area contributed by atoms with Gasteiger partial charge in [0, 0.05) is 19.1 Å². The lowest BCUT2D eigenvalue weighted by Gasteiger charge is -2.40. The normalized spacial score (nSPS) is 25.1. The number of amides is 1. The van der Waals surface area contributed by atoms with E-state index in [-0.39, 0.29) is 17.9 Å². The Morgan fingerprint density at radius 3 is 2.74 bits per heavy atom. The first kappa shape index (κ1) is 14.1. The molecule has 1 fully saturated rings. The number of nitrogens with two attached hydrogens (primary N) is 1. The average Bonchev–Trinajstić information content (AvgIpc) is 2.46. The third-order valence-electron chi connectivity index (χ3n) is 4.31. The van der Waals surface area contributed by atoms with Crippen molar-refractivity contribution in [1.29, 1.82) is 0 Å². The fraction of sp³-hybridized carbons (Fsp3) is 0.562. The summed E-state index contributed by atoms with van der Waals surface area (Å²) in [5.74, 6) is 0.638. The summed E-state index contributed by atoms with van der Waals surface area (Å²) in [4.78, 5) is 14.7. The van der Waals surface area contributed by atoms with Crippen LogP contribution in [0.2, 0.25) is 0 Å². The molecule has 1 aromatic rings. The van der Waals surface area contributed by atoms with Crippen molar-refractivity contribution in [3.63, 3.8) is 0 Å². The van der Waals surface area contributed by atoms with Crippen molar-refractivity contribution in [3.8, 4) is 0 Å². The molecule has 1 saturated heterocycles. The fourth-order valence-electron chi connectivity index (χ4n) is 3.02. The molecule has 3 unspecified atom stereocenters. The second-order valence-electron chi connectivity index (χ2n) is 5.59. The smallest absolute Gasteiger partial charge is 0.230 e. The zero-order chi connectivity index (χ0) is 13.8. The number of hydrogen-bond acceptors (Lipinski definition) is 2. The highest BCUT2D eigenvalue weighted by Crippen LogP contribution is 2.26. The summed E-state index contributed by atoms with van der Waals surface area (Å²) >= 11 is 0. The highest BCUT2D eigenvalue weighted by molar-refractivity contribution is 5.83. The maximum absolute atomic E-state index is 12.7. The molecule has 104 valence electrons. The van der Waals surface area contributed by atoms with Crippen LogP contribution >= 0.6 is 0 Å². The minimum atomic E-state index is -0.0828. The Balaban J connectivity index is 2.14. The molecule has 2 rings (SSSR count). The van der Waals surface area contributed by atoms with E-state index in [2.05, 4.69) is 6.92 Å². The second kappa shape index (κ2) is 6.20. The van der Waals surface area contributed by atoms with Crippen molar-refractivity contribution >= 4 is 5.91 Å². The van der Waals surface area contributed by atoms with Gasteiger partial charge >= 0.3 is 0 Å². The molecule has 3 atom stereocenters. The van der Waals surface area contributed by atoms with Gasteiger partial charge in [-0.1, -0.05) is 37.3 Å². The van der Waals surface area contributed by atoms with Crippen LogP contribution in [0.15, 0.2) is 30.3 Å². The molecular weight excluding hydrogens is 236 g/mol. The molecule has 0 spiro atoms. The maximum atomic E-state index is 12.7. The molecule has 0 saturated carbocycles. The van der Waals surface area contributed by atoms with Gasteiger partial charge in [-0.05, 0) is 31.2 Å². The van der Waals surface area contributed by atoms with Gasteiger partial charge < -0.3 is 10.6 Å². The zero-order valence-corrected chi connectivity index (χ0v) is 11.9. The van der Waals surface area contributed by atoms with Crippen molar-refractivity contribution in [2.75, 3.05) is 13.1 Å². The van der Waals surface area contributed by atoms with Crippen molar-refractivity contribution in [2.45, 2.75) is 38.6 Å². The number of nitrogens with zero attached hydrogens (tertiary/aromatic N) is 1. The van der Waals surface area contributed by atoms with E-state index in [1.54, 1.807) is 0 Å². The van der Waals surface area contributed by atoms with E-state index in [0.29, 0.717) is 12.5 Å². The highest BCUT2D eigenvalue weighted by Gasteiger charge is 2.33. The summed E-state index contributed by atoms with van der Waals surface area (Å²) in [7, 11) is 0. The number of rotatable bonds is 3. The van der Waals surface area contributed by atoms with Crippen LogP contribution in [-0.4, -0.2) is 29.9 Å². The van der Waals surface area contributed by atoms with Crippen LogP contribution in [0.3, 0.4) is 0 Å². The molecular formula is C16H24N2O. The van der Waals surface area contributed by atoms with Crippen LogP contribution in [-0.2, 0) is 4.79 Å². The van der Waals surface area contributed by atoms with Gasteiger partial charge in [0.2, 0.25) is 5.91 Å². The molecule has 19 heavy (non-hydrogen) atoms. The molecule has 0 aliphatic carbocycles. The van der Waals surface area contributed by atoms with E-state index in [0.717, 1.165) is 18.5 Å². The fourth-order valence-corrected chi connectivity index (χ4v) is 3.02. The summed E-state index contributed by atoms with van der Waals surface area (Å²) in [5, 5.41) is 0. The second-order valence-corrected chi connectivity index (χ2v) is 5.59. The van der Waals surface area contributed by atoms with E-state index in [1.807, 2.05) is 42.2 Å². The van der Waals surface area contributed by atoms with Crippen molar-refractivity contribution in [1.82, 2.24) is 4.90 Å². The molecule has 3 nitrogen and oxygen atoms in total. The number of piperidine rings is 1. The minimum absolute atomic E-state index is 0.0828. The van der Waals surface area contributed by atoms with Gasteiger partial charge in [-0.3, -0.25) is 4.79 Å². The molecule has 0 radical (unpaired) electrons. The van der Waals surface area contributed by atoms with Gasteiger partial charge in [0.15, 0.2) is 0 Å². The molecule has 1 aliphatic rings. The number of benzene rings is 1. The Morgan fingerprint density at radius 1 is 1.42 bits per heavy atom. The first-order valence-corrected chi connectivity index (χ1v) is 7.20. The molecule has 1 aromatic carbocycles. The van der Waals surface area contributed by atoms with Gasteiger partial charge in [0.05, 0.1) is 5.92 Å². The Labute approximate surface area is 115 Å². The Kier molecular flexibility index (Phi) is 4.59. The molecule has 3 heteroatoms. The van der Waals surface area contributed by atoms with Crippen LogP contribution in [0.25, 0.3) is 0 Å². The number of hydrogen-bond donors (Lipinski definition) is 1. The third kappa shape index (κ3) is 2.98. The average molecular weight is 260 g/mol. The number of carbonyl (C=O) groups excluding carboxylic acids is 1. The van der Waals surface area contributed by atoms with Gasteiger partial charge in [-0.25, -0.2) is 0 Å². The Hall–Kier alpha value is -1.35. The standard InChI is InChI=1S/C16H24N2O/c1-12-7-6-10-18(15(12)11-17)16(19)13(2)14-8-4-3-5-9-14/h3-5,8-9,12-13,15H,6-7,10-11,17H2,1-2H3. The Bertz CT molecular complexity index is 418. The van der Waals surface area contributed by atoms with E-state index in [4.69, 9.17) is 5.73 Å². The summed E-state index contributed by atoms with van der Waals surface area (Å²) in [6.07, 6.45) is 2.26. The van der Waals surface area contributed by atoms with E-state index in [9.17, 15) is 4.79 Å². The predicted octanol–water partition coefficient (Wildman–Crippen LogP) is 2.38. The molecule has 2 N–H and O–H groups in total. The van der Waals surface area contributed by atoms with Gasteiger partial charge in [-0.15, -0.1) is 0 Å². The van der Waals surface area contributed by atoms with Crippen molar-refractivity contribution in [2.24, 2.45) is 11.7 Å². The lowest BCUT2D eigenvalue weighted by atomic mass is 9.89. The largest absolute Gasteiger partial charge is 0.338 e. The predicted molar refractivity (Wildman–Crippen MR) is 77.8 cm³/mol. The van der Waals surface area contributed by atoms with E-state index >= 15 is 0 Å². The van der Waals surface area contributed by atoms with Crippen LogP contribution in [0.4, 0.5) is 0 Å². The molecule has 1 aliphatic heterocycles. The van der Waals surface area contributed by atoms with E-state index in [1.165, 1.54) is 6.42 Å². The topological polar surface area (TPSA) is 46.3 Å². The molecule has 0 aromatic heterocycles. The lowest BCUT2D eigenvalue weighted by molar-refractivity contribution is -0.137. The summed E-state index contributed by atoms with van der Waals surface area (Å²) in [6, 6.07) is 10.2. The Morgan fingerprint density at radius 2 is 2.11 bits per heavy atom.